The second kappa shape index (κ2) is 9.80. The number of nitriles is 1. The highest BCUT2D eigenvalue weighted by Crippen LogP contribution is 2.36. The summed E-state index contributed by atoms with van der Waals surface area (Å²) < 4.78 is 11.6. The molecule has 6 heteroatoms. The first-order valence-corrected chi connectivity index (χ1v) is 10.6. The van der Waals surface area contributed by atoms with E-state index in [0.29, 0.717) is 30.4 Å². The van der Waals surface area contributed by atoms with E-state index in [9.17, 15) is 5.26 Å². The molecule has 0 radical (unpaired) electrons. The lowest BCUT2D eigenvalue weighted by Crippen LogP contribution is -2.19. The number of hydrogen-bond acceptors (Lipinski definition) is 5. The Bertz CT molecular complexity index is 1090. The van der Waals surface area contributed by atoms with Crippen molar-refractivity contribution in [2.24, 2.45) is 0 Å². The molecule has 0 saturated heterocycles. The molecule has 3 aromatic rings. The van der Waals surface area contributed by atoms with Crippen LogP contribution in [0.5, 0.6) is 11.5 Å². The predicted molar refractivity (Wildman–Crippen MR) is 122 cm³/mol. The number of aromatic nitrogens is 2. The highest BCUT2D eigenvalue weighted by atomic mass is 35.5. The minimum atomic E-state index is -0.302. The van der Waals surface area contributed by atoms with E-state index in [1.54, 1.807) is 6.20 Å². The molecule has 0 spiro atoms. The van der Waals surface area contributed by atoms with Crippen LogP contribution in [0.2, 0.25) is 0 Å². The lowest BCUT2D eigenvalue weighted by Gasteiger charge is -2.27. The summed E-state index contributed by atoms with van der Waals surface area (Å²) in [7, 11) is 0. The number of benzene rings is 2. The summed E-state index contributed by atoms with van der Waals surface area (Å²) in [6.07, 6.45) is 1.73. The average Bonchev–Trinajstić information content (AvgIpc) is 2.76. The van der Waals surface area contributed by atoms with Crippen LogP contribution in [0.4, 0.5) is 0 Å². The molecule has 31 heavy (non-hydrogen) atoms. The smallest absolute Gasteiger partial charge is 0.140 e. The quantitative estimate of drug-likeness (QED) is 0.438. The zero-order chi connectivity index (χ0) is 22.4. The van der Waals surface area contributed by atoms with Crippen LogP contribution in [-0.4, -0.2) is 22.5 Å². The van der Waals surface area contributed by atoms with Crippen molar-refractivity contribution in [1.82, 2.24) is 9.97 Å². The molecule has 0 bridgehead atoms. The second-order valence-corrected chi connectivity index (χ2v) is 8.23. The van der Waals surface area contributed by atoms with E-state index < -0.39 is 0 Å². The van der Waals surface area contributed by atoms with Gasteiger partial charge in [0.05, 0.1) is 17.1 Å². The van der Waals surface area contributed by atoms with Crippen LogP contribution in [0, 0.1) is 25.2 Å². The first kappa shape index (κ1) is 22.6. The number of nitrogens with zero attached hydrogens (tertiary/aromatic N) is 3. The molecule has 0 aliphatic heterocycles. The van der Waals surface area contributed by atoms with Gasteiger partial charge in [0.15, 0.2) is 0 Å². The van der Waals surface area contributed by atoms with Crippen LogP contribution in [0.1, 0.15) is 47.6 Å². The van der Waals surface area contributed by atoms with Crippen molar-refractivity contribution in [2.75, 3.05) is 12.5 Å². The summed E-state index contributed by atoms with van der Waals surface area (Å²) in [5.41, 5.74) is 4.15. The van der Waals surface area contributed by atoms with Crippen molar-refractivity contribution in [3.63, 3.8) is 0 Å². The van der Waals surface area contributed by atoms with Gasteiger partial charge in [0.25, 0.3) is 0 Å². The molecule has 0 unspecified atom stereocenters. The van der Waals surface area contributed by atoms with E-state index in [2.05, 4.69) is 48.1 Å². The standard InChI is InChI=1S/C25H26ClN3O2/c1-17-13-21(14-19(15-27)24(17)30-12-10-26)25(3,4)20-5-7-23(8-6-20)31-16-22-9-11-28-18(2)29-22/h5-9,11,13-14H,10,12,16H2,1-4H3. The Hall–Kier alpha value is -3.10. The molecular weight excluding hydrogens is 410 g/mol. The van der Waals surface area contributed by atoms with Gasteiger partial charge in [0.2, 0.25) is 0 Å². The van der Waals surface area contributed by atoms with Crippen LogP contribution >= 0.6 is 11.6 Å². The molecule has 160 valence electrons. The van der Waals surface area contributed by atoms with Crippen molar-refractivity contribution in [3.05, 3.63) is 82.4 Å². The van der Waals surface area contributed by atoms with Gasteiger partial charge < -0.3 is 9.47 Å². The van der Waals surface area contributed by atoms with Gasteiger partial charge in [-0.25, -0.2) is 9.97 Å². The fraction of sp³-hybridized carbons (Fsp3) is 0.320. The monoisotopic (exact) mass is 435 g/mol. The maximum absolute atomic E-state index is 9.62. The van der Waals surface area contributed by atoms with E-state index >= 15 is 0 Å². The highest BCUT2D eigenvalue weighted by Gasteiger charge is 2.25. The SMILES string of the molecule is Cc1nccc(COc2ccc(C(C)(C)c3cc(C)c(OCCCl)c(C#N)c3)cc2)n1. The van der Waals surface area contributed by atoms with Crippen molar-refractivity contribution >= 4 is 11.6 Å². The molecule has 1 heterocycles. The maximum Gasteiger partial charge on any atom is 0.140 e. The largest absolute Gasteiger partial charge is 0.491 e. The Balaban J connectivity index is 1.80. The molecule has 0 aliphatic carbocycles. The number of alkyl halides is 1. The zero-order valence-electron chi connectivity index (χ0n) is 18.3. The molecule has 2 aromatic carbocycles. The molecule has 0 saturated carbocycles. The molecule has 3 rings (SSSR count). The second-order valence-electron chi connectivity index (χ2n) is 7.85. The van der Waals surface area contributed by atoms with E-state index in [0.717, 1.165) is 34.0 Å². The van der Waals surface area contributed by atoms with Gasteiger partial charge in [-0.15, -0.1) is 11.6 Å². The number of ether oxygens (including phenoxy) is 2. The lowest BCUT2D eigenvalue weighted by molar-refractivity contribution is 0.300. The zero-order valence-corrected chi connectivity index (χ0v) is 19.0. The van der Waals surface area contributed by atoms with Crippen molar-refractivity contribution in [3.8, 4) is 17.6 Å². The van der Waals surface area contributed by atoms with Crippen LogP contribution in [0.15, 0.2) is 48.7 Å². The summed E-state index contributed by atoms with van der Waals surface area (Å²) >= 11 is 5.74. The van der Waals surface area contributed by atoms with Crippen molar-refractivity contribution in [1.29, 1.82) is 5.26 Å². The average molecular weight is 436 g/mol. The predicted octanol–water partition coefficient (Wildman–Crippen LogP) is 5.49. The molecular formula is C25H26ClN3O2. The highest BCUT2D eigenvalue weighted by molar-refractivity contribution is 6.18. The van der Waals surface area contributed by atoms with Crippen LogP contribution in [-0.2, 0) is 12.0 Å². The molecule has 1 aromatic heterocycles. The van der Waals surface area contributed by atoms with Gasteiger partial charge in [-0.05, 0) is 54.8 Å². The van der Waals surface area contributed by atoms with Crippen LogP contribution in [0.25, 0.3) is 0 Å². The maximum atomic E-state index is 9.62. The Morgan fingerprint density at radius 3 is 2.42 bits per heavy atom. The topological polar surface area (TPSA) is 68.0 Å². The summed E-state index contributed by atoms with van der Waals surface area (Å²) in [4.78, 5) is 8.46. The summed E-state index contributed by atoms with van der Waals surface area (Å²) in [5, 5.41) is 9.62. The number of halogens is 1. The number of rotatable bonds is 8. The Kier molecular flexibility index (Phi) is 7.14. The number of hydrogen-bond donors (Lipinski definition) is 0. The van der Waals surface area contributed by atoms with Gasteiger partial charge in [-0.1, -0.05) is 32.0 Å². The van der Waals surface area contributed by atoms with E-state index in [1.165, 1.54) is 0 Å². The third-order valence-electron chi connectivity index (χ3n) is 5.24. The Morgan fingerprint density at radius 2 is 1.77 bits per heavy atom. The normalized spacial score (nSPS) is 11.1. The van der Waals surface area contributed by atoms with Crippen LogP contribution in [0.3, 0.4) is 0 Å². The molecule has 0 aliphatic rings. The Labute approximate surface area is 188 Å². The van der Waals surface area contributed by atoms with Gasteiger partial charge >= 0.3 is 0 Å². The molecule has 0 N–H and O–H groups in total. The van der Waals surface area contributed by atoms with Gasteiger partial charge in [0, 0.05) is 11.6 Å². The fourth-order valence-corrected chi connectivity index (χ4v) is 3.50. The first-order chi connectivity index (χ1) is 14.8. The minimum absolute atomic E-state index is 0.302. The van der Waals surface area contributed by atoms with Crippen molar-refractivity contribution in [2.45, 2.75) is 39.7 Å². The third-order valence-corrected chi connectivity index (χ3v) is 5.39. The van der Waals surface area contributed by atoms with Gasteiger partial charge in [0.1, 0.15) is 36.6 Å². The van der Waals surface area contributed by atoms with E-state index in [1.807, 2.05) is 38.1 Å². The summed E-state index contributed by atoms with van der Waals surface area (Å²) in [5.74, 6) is 2.48. The van der Waals surface area contributed by atoms with Crippen LogP contribution < -0.4 is 9.47 Å². The van der Waals surface area contributed by atoms with Gasteiger partial charge in [-0.2, -0.15) is 5.26 Å². The molecule has 0 fully saturated rings. The summed E-state index contributed by atoms with van der Waals surface area (Å²) in [6, 6.07) is 16.1. The van der Waals surface area contributed by atoms with E-state index in [-0.39, 0.29) is 5.41 Å². The van der Waals surface area contributed by atoms with Crippen molar-refractivity contribution < 1.29 is 9.47 Å². The minimum Gasteiger partial charge on any atom is -0.491 e. The number of aryl methyl sites for hydroxylation is 2. The lowest BCUT2D eigenvalue weighted by atomic mass is 9.77. The summed E-state index contributed by atoms with van der Waals surface area (Å²) in [6.45, 7) is 8.85. The van der Waals surface area contributed by atoms with E-state index in [4.69, 9.17) is 21.1 Å². The molecule has 0 amide bonds. The first-order valence-electron chi connectivity index (χ1n) is 10.1. The Morgan fingerprint density at radius 1 is 1.03 bits per heavy atom. The van der Waals surface area contributed by atoms with Gasteiger partial charge in [-0.3, -0.25) is 0 Å². The fourth-order valence-electron chi connectivity index (χ4n) is 3.43. The molecule has 0 atom stereocenters. The third kappa shape index (κ3) is 5.34. The molecule has 5 nitrogen and oxygen atoms in total.